The van der Waals surface area contributed by atoms with Gasteiger partial charge < -0.3 is 10.2 Å². The van der Waals surface area contributed by atoms with Gasteiger partial charge in [0, 0.05) is 12.1 Å². The van der Waals surface area contributed by atoms with Crippen LogP contribution in [0.5, 0.6) is 0 Å². The average molecular weight is 173 g/mol. The Balaban J connectivity index is 2.65. The van der Waals surface area contributed by atoms with Gasteiger partial charge >= 0.3 is 0 Å². The van der Waals surface area contributed by atoms with Gasteiger partial charge in [-0.1, -0.05) is 6.92 Å². The summed E-state index contributed by atoms with van der Waals surface area (Å²) in [6.07, 6.45) is -0.470. The quantitative estimate of drug-likeness (QED) is 0.596. The Morgan fingerprint density at radius 3 is 2.42 bits per heavy atom. The van der Waals surface area contributed by atoms with Gasteiger partial charge in [0.25, 0.3) is 0 Å². The minimum absolute atomic E-state index is 0.0212. The molecule has 0 amide bonds. The second-order valence-corrected chi connectivity index (χ2v) is 4.19. The van der Waals surface area contributed by atoms with E-state index in [0.29, 0.717) is 13.0 Å². The van der Waals surface area contributed by atoms with Crippen molar-refractivity contribution in [2.45, 2.75) is 44.9 Å². The van der Waals surface area contributed by atoms with Crippen molar-refractivity contribution in [1.82, 2.24) is 4.90 Å². The Kier molecular flexibility index (Phi) is 2.76. The molecule has 2 N–H and O–H groups in total. The summed E-state index contributed by atoms with van der Waals surface area (Å²) in [5.74, 6) is 0. The van der Waals surface area contributed by atoms with Crippen molar-refractivity contribution in [2.24, 2.45) is 0 Å². The molecule has 0 spiro atoms. The standard InChI is InChI=1S/C9H19NO2/c1-4-10-6-8(12)7(11)5-9(10,2)3/h7-8,11-12H,4-6H2,1-3H3/t7-,8+/m1/s1. The van der Waals surface area contributed by atoms with E-state index in [2.05, 4.69) is 25.7 Å². The second-order valence-electron chi connectivity index (χ2n) is 4.19. The molecule has 12 heavy (non-hydrogen) atoms. The molecule has 0 saturated carbocycles. The SMILES string of the molecule is CCN1C[C@H](O)[C@H](O)CC1(C)C. The smallest absolute Gasteiger partial charge is 0.0926 e. The summed E-state index contributed by atoms with van der Waals surface area (Å²) in [5, 5.41) is 18.9. The van der Waals surface area contributed by atoms with Crippen LogP contribution in [0.25, 0.3) is 0 Å². The van der Waals surface area contributed by atoms with E-state index < -0.39 is 12.2 Å². The van der Waals surface area contributed by atoms with E-state index in [9.17, 15) is 10.2 Å². The maximum Gasteiger partial charge on any atom is 0.0926 e. The Bertz CT molecular complexity index is 159. The molecule has 0 bridgehead atoms. The van der Waals surface area contributed by atoms with Gasteiger partial charge in [-0.05, 0) is 26.8 Å². The molecule has 2 atom stereocenters. The summed E-state index contributed by atoms with van der Waals surface area (Å²) in [6, 6.07) is 0. The summed E-state index contributed by atoms with van der Waals surface area (Å²) >= 11 is 0. The van der Waals surface area contributed by atoms with E-state index in [1.165, 1.54) is 0 Å². The van der Waals surface area contributed by atoms with Crippen molar-refractivity contribution in [2.75, 3.05) is 13.1 Å². The molecular weight excluding hydrogens is 154 g/mol. The highest BCUT2D eigenvalue weighted by Gasteiger charge is 2.37. The molecule has 3 heteroatoms. The summed E-state index contributed by atoms with van der Waals surface area (Å²) < 4.78 is 0. The number of rotatable bonds is 1. The molecule has 72 valence electrons. The minimum Gasteiger partial charge on any atom is -0.390 e. The Labute approximate surface area is 74.0 Å². The first kappa shape index (κ1) is 9.96. The molecule has 1 aliphatic heterocycles. The van der Waals surface area contributed by atoms with Crippen LogP contribution in [0, 0.1) is 0 Å². The number of β-amino-alcohol motifs (C(OH)–C–C–N with tert-alkyl or cyclic N) is 1. The highest BCUT2D eigenvalue weighted by atomic mass is 16.3. The summed E-state index contributed by atoms with van der Waals surface area (Å²) in [6.45, 7) is 7.80. The number of aliphatic hydroxyl groups excluding tert-OH is 2. The van der Waals surface area contributed by atoms with E-state index in [1.54, 1.807) is 0 Å². The number of piperidine rings is 1. The van der Waals surface area contributed by atoms with Crippen LogP contribution in [0.3, 0.4) is 0 Å². The van der Waals surface area contributed by atoms with E-state index >= 15 is 0 Å². The summed E-state index contributed by atoms with van der Waals surface area (Å²) in [5.41, 5.74) is 0.0212. The van der Waals surface area contributed by atoms with Crippen LogP contribution in [0.2, 0.25) is 0 Å². The Morgan fingerprint density at radius 2 is 1.92 bits per heavy atom. The molecule has 0 aromatic rings. The van der Waals surface area contributed by atoms with Crippen LogP contribution in [-0.2, 0) is 0 Å². The van der Waals surface area contributed by atoms with Gasteiger partial charge in [0.1, 0.15) is 0 Å². The lowest BCUT2D eigenvalue weighted by Gasteiger charge is -2.45. The van der Waals surface area contributed by atoms with Crippen molar-refractivity contribution in [3.8, 4) is 0 Å². The molecule has 0 aromatic heterocycles. The van der Waals surface area contributed by atoms with Crippen LogP contribution in [0.4, 0.5) is 0 Å². The fourth-order valence-corrected chi connectivity index (χ4v) is 1.93. The molecule has 1 saturated heterocycles. The van der Waals surface area contributed by atoms with Crippen LogP contribution in [0.1, 0.15) is 27.2 Å². The van der Waals surface area contributed by atoms with Crippen LogP contribution >= 0.6 is 0 Å². The van der Waals surface area contributed by atoms with Crippen molar-refractivity contribution in [3.63, 3.8) is 0 Å². The minimum atomic E-state index is -0.571. The first-order valence-corrected chi connectivity index (χ1v) is 4.58. The zero-order valence-corrected chi connectivity index (χ0v) is 8.12. The predicted octanol–water partition coefficient (Wildman–Crippen LogP) is 0.212. The number of likely N-dealkylation sites (tertiary alicyclic amines) is 1. The first-order valence-electron chi connectivity index (χ1n) is 4.58. The van der Waals surface area contributed by atoms with Gasteiger partial charge in [0.15, 0.2) is 0 Å². The zero-order chi connectivity index (χ0) is 9.35. The van der Waals surface area contributed by atoms with Gasteiger partial charge in [-0.3, -0.25) is 4.90 Å². The van der Waals surface area contributed by atoms with Crippen LogP contribution in [0.15, 0.2) is 0 Å². The third-order valence-corrected chi connectivity index (χ3v) is 2.80. The normalized spacial score (nSPS) is 36.8. The van der Waals surface area contributed by atoms with E-state index in [-0.39, 0.29) is 5.54 Å². The maximum absolute atomic E-state index is 9.45. The summed E-state index contributed by atoms with van der Waals surface area (Å²) in [7, 11) is 0. The molecule has 0 aliphatic carbocycles. The number of hydrogen-bond acceptors (Lipinski definition) is 3. The van der Waals surface area contributed by atoms with Gasteiger partial charge in [0.2, 0.25) is 0 Å². The Morgan fingerprint density at radius 1 is 1.33 bits per heavy atom. The van der Waals surface area contributed by atoms with Gasteiger partial charge in [-0.2, -0.15) is 0 Å². The highest BCUT2D eigenvalue weighted by molar-refractivity contribution is 4.92. The largest absolute Gasteiger partial charge is 0.390 e. The molecule has 1 aliphatic rings. The third-order valence-electron chi connectivity index (χ3n) is 2.80. The Hall–Kier alpha value is -0.120. The van der Waals surface area contributed by atoms with Gasteiger partial charge in [-0.15, -0.1) is 0 Å². The molecule has 0 unspecified atom stereocenters. The fraction of sp³-hybridized carbons (Fsp3) is 1.00. The first-order chi connectivity index (χ1) is 5.47. The number of nitrogens with zero attached hydrogens (tertiary/aromatic N) is 1. The molecule has 3 nitrogen and oxygen atoms in total. The average Bonchev–Trinajstić information content (AvgIpc) is 1.96. The molecule has 0 radical (unpaired) electrons. The van der Waals surface area contributed by atoms with Gasteiger partial charge in [-0.25, -0.2) is 0 Å². The van der Waals surface area contributed by atoms with Crippen molar-refractivity contribution >= 4 is 0 Å². The van der Waals surface area contributed by atoms with E-state index in [4.69, 9.17) is 0 Å². The van der Waals surface area contributed by atoms with Crippen molar-refractivity contribution < 1.29 is 10.2 Å². The zero-order valence-electron chi connectivity index (χ0n) is 8.12. The second kappa shape index (κ2) is 3.32. The predicted molar refractivity (Wildman–Crippen MR) is 48.0 cm³/mol. The fourth-order valence-electron chi connectivity index (χ4n) is 1.93. The summed E-state index contributed by atoms with van der Waals surface area (Å²) in [4.78, 5) is 2.20. The molecule has 0 aromatic carbocycles. The topological polar surface area (TPSA) is 43.7 Å². The van der Waals surface area contributed by atoms with Crippen molar-refractivity contribution in [3.05, 3.63) is 0 Å². The highest BCUT2D eigenvalue weighted by Crippen LogP contribution is 2.27. The van der Waals surface area contributed by atoms with Crippen LogP contribution in [-0.4, -0.2) is 45.9 Å². The van der Waals surface area contributed by atoms with Gasteiger partial charge in [0.05, 0.1) is 12.2 Å². The van der Waals surface area contributed by atoms with Crippen molar-refractivity contribution in [1.29, 1.82) is 0 Å². The number of aliphatic hydroxyl groups is 2. The number of hydrogen-bond donors (Lipinski definition) is 2. The molecule has 1 fully saturated rings. The molecule has 1 rings (SSSR count). The van der Waals surface area contributed by atoms with Crippen LogP contribution < -0.4 is 0 Å². The van der Waals surface area contributed by atoms with E-state index in [0.717, 1.165) is 6.54 Å². The monoisotopic (exact) mass is 173 g/mol. The lowest BCUT2D eigenvalue weighted by molar-refractivity contribution is -0.0851. The maximum atomic E-state index is 9.45. The molecular formula is C9H19NO2. The van der Waals surface area contributed by atoms with E-state index in [1.807, 2.05) is 0 Å². The number of likely N-dealkylation sites (N-methyl/N-ethyl adjacent to an activating group) is 1. The third kappa shape index (κ3) is 1.79. The lowest BCUT2D eigenvalue weighted by atomic mass is 9.87. The lowest BCUT2D eigenvalue weighted by Crippen LogP contribution is -2.57. The molecule has 1 heterocycles.